The highest BCUT2D eigenvalue weighted by molar-refractivity contribution is 5.91. The number of methoxy groups -OCH3 is 1. The molecule has 0 fully saturated rings. The molecular weight excluding hydrogens is 276 g/mol. The molecule has 0 aliphatic carbocycles. The molecule has 2 aromatic rings. The van der Waals surface area contributed by atoms with E-state index >= 15 is 0 Å². The average Bonchev–Trinajstić information content (AvgIpc) is 2.54. The fourth-order valence-electron chi connectivity index (χ4n) is 2.26. The summed E-state index contributed by atoms with van der Waals surface area (Å²) < 4.78 is 5.12. The maximum absolute atomic E-state index is 12.4. The number of nitrogens with one attached hydrogen (secondary N) is 1. The molecular formula is C18H22N2O2. The summed E-state index contributed by atoms with van der Waals surface area (Å²) in [5.74, 6) is 0.810. The SMILES string of the molecule is CCN(C(=O)NCc1ccc(OC)cc1)c1cccc(C)c1. The minimum atomic E-state index is -0.0936. The van der Waals surface area contributed by atoms with E-state index in [2.05, 4.69) is 5.32 Å². The third-order valence-electron chi connectivity index (χ3n) is 3.48. The highest BCUT2D eigenvalue weighted by atomic mass is 16.5. The Hall–Kier alpha value is -2.49. The molecule has 2 amide bonds. The average molecular weight is 298 g/mol. The zero-order valence-corrected chi connectivity index (χ0v) is 13.3. The number of benzene rings is 2. The van der Waals surface area contributed by atoms with Gasteiger partial charge in [-0.3, -0.25) is 4.90 Å². The van der Waals surface area contributed by atoms with Crippen LogP contribution in [0.4, 0.5) is 10.5 Å². The zero-order valence-electron chi connectivity index (χ0n) is 13.3. The normalized spacial score (nSPS) is 10.1. The van der Waals surface area contributed by atoms with Crippen molar-refractivity contribution in [3.8, 4) is 5.75 Å². The third-order valence-corrected chi connectivity index (χ3v) is 3.48. The Morgan fingerprint density at radius 1 is 1.18 bits per heavy atom. The number of amides is 2. The summed E-state index contributed by atoms with van der Waals surface area (Å²) in [6.07, 6.45) is 0. The molecule has 1 N–H and O–H groups in total. The van der Waals surface area contributed by atoms with Crippen LogP contribution in [-0.2, 0) is 6.54 Å². The third kappa shape index (κ3) is 4.01. The Labute approximate surface area is 131 Å². The maximum Gasteiger partial charge on any atom is 0.322 e. The molecule has 0 aliphatic rings. The molecule has 0 spiro atoms. The van der Waals surface area contributed by atoms with Gasteiger partial charge in [-0.25, -0.2) is 4.79 Å². The number of carbonyl (C=O) groups excluding carboxylic acids is 1. The second-order valence-electron chi connectivity index (χ2n) is 5.09. The van der Waals surface area contributed by atoms with Crippen molar-refractivity contribution in [3.63, 3.8) is 0 Å². The lowest BCUT2D eigenvalue weighted by Gasteiger charge is -2.22. The maximum atomic E-state index is 12.4. The zero-order chi connectivity index (χ0) is 15.9. The van der Waals surface area contributed by atoms with Crippen LogP contribution in [0.1, 0.15) is 18.1 Å². The van der Waals surface area contributed by atoms with Crippen molar-refractivity contribution in [3.05, 3.63) is 59.7 Å². The number of anilines is 1. The fourth-order valence-corrected chi connectivity index (χ4v) is 2.26. The van der Waals surface area contributed by atoms with E-state index in [-0.39, 0.29) is 6.03 Å². The molecule has 0 aliphatic heterocycles. The number of urea groups is 1. The van der Waals surface area contributed by atoms with Gasteiger partial charge in [0.1, 0.15) is 5.75 Å². The smallest absolute Gasteiger partial charge is 0.322 e. The first-order valence-electron chi connectivity index (χ1n) is 7.39. The Bertz CT molecular complexity index is 623. The van der Waals surface area contributed by atoms with Gasteiger partial charge in [-0.05, 0) is 49.2 Å². The summed E-state index contributed by atoms with van der Waals surface area (Å²) >= 11 is 0. The quantitative estimate of drug-likeness (QED) is 0.913. The number of carbonyl (C=O) groups is 1. The molecule has 0 saturated heterocycles. The van der Waals surface area contributed by atoms with Crippen molar-refractivity contribution in [2.45, 2.75) is 20.4 Å². The van der Waals surface area contributed by atoms with Crippen molar-refractivity contribution < 1.29 is 9.53 Å². The van der Waals surface area contributed by atoms with Gasteiger partial charge in [-0.2, -0.15) is 0 Å². The molecule has 2 aromatic carbocycles. The number of nitrogens with zero attached hydrogens (tertiary/aromatic N) is 1. The molecule has 2 rings (SSSR count). The van der Waals surface area contributed by atoms with E-state index in [1.165, 1.54) is 0 Å². The van der Waals surface area contributed by atoms with Crippen LogP contribution in [0, 0.1) is 6.92 Å². The van der Waals surface area contributed by atoms with Crippen molar-refractivity contribution in [1.82, 2.24) is 5.32 Å². The fraction of sp³-hybridized carbons (Fsp3) is 0.278. The first kappa shape index (κ1) is 15.9. The van der Waals surface area contributed by atoms with Gasteiger partial charge in [-0.15, -0.1) is 0 Å². The van der Waals surface area contributed by atoms with E-state index in [1.807, 2.05) is 62.4 Å². The first-order chi connectivity index (χ1) is 10.6. The van der Waals surface area contributed by atoms with E-state index < -0.39 is 0 Å². The van der Waals surface area contributed by atoms with Crippen molar-refractivity contribution in [2.24, 2.45) is 0 Å². The number of ether oxygens (including phenoxy) is 1. The Morgan fingerprint density at radius 2 is 1.91 bits per heavy atom. The van der Waals surface area contributed by atoms with E-state index in [4.69, 9.17) is 4.74 Å². The van der Waals surface area contributed by atoms with Crippen LogP contribution in [0.15, 0.2) is 48.5 Å². The highest BCUT2D eigenvalue weighted by Gasteiger charge is 2.13. The van der Waals surface area contributed by atoms with Crippen LogP contribution in [0.2, 0.25) is 0 Å². The number of hydrogen-bond acceptors (Lipinski definition) is 2. The van der Waals surface area contributed by atoms with E-state index in [0.29, 0.717) is 13.1 Å². The van der Waals surface area contributed by atoms with Crippen LogP contribution in [0.5, 0.6) is 5.75 Å². The summed E-state index contributed by atoms with van der Waals surface area (Å²) in [4.78, 5) is 14.1. The van der Waals surface area contributed by atoms with Crippen LogP contribution in [-0.4, -0.2) is 19.7 Å². The number of rotatable bonds is 5. The number of hydrogen-bond donors (Lipinski definition) is 1. The van der Waals surface area contributed by atoms with Gasteiger partial charge in [0.15, 0.2) is 0 Å². The van der Waals surface area contributed by atoms with E-state index in [9.17, 15) is 4.79 Å². The summed E-state index contributed by atoms with van der Waals surface area (Å²) in [5.41, 5.74) is 3.09. The molecule has 22 heavy (non-hydrogen) atoms. The van der Waals surface area contributed by atoms with Gasteiger partial charge >= 0.3 is 6.03 Å². The predicted octanol–water partition coefficient (Wildman–Crippen LogP) is 3.74. The second-order valence-corrected chi connectivity index (χ2v) is 5.09. The van der Waals surface area contributed by atoms with Crippen molar-refractivity contribution in [1.29, 1.82) is 0 Å². The molecule has 0 bridgehead atoms. The van der Waals surface area contributed by atoms with Crippen LogP contribution in [0.3, 0.4) is 0 Å². The highest BCUT2D eigenvalue weighted by Crippen LogP contribution is 2.16. The molecule has 116 valence electrons. The molecule has 0 unspecified atom stereocenters. The van der Waals surface area contributed by atoms with Gasteiger partial charge in [-0.1, -0.05) is 24.3 Å². The lowest BCUT2D eigenvalue weighted by Crippen LogP contribution is -2.39. The van der Waals surface area contributed by atoms with E-state index in [0.717, 1.165) is 22.6 Å². The van der Waals surface area contributed by atoms with Gasteiger partial charge in [0.25, 0.3) is 0 Å². The topological polar surface area (TPSA) is 41.6 Å². The van der Waals surface area contributed by atoms with Crippen molar-refractivity contribution in [2.75, 3.05) is 18.6 Å². The summed E-state index contributed by atoms with van der Waals surface area (Å²) in [6, 6.07) is 15.5. The van der Waals surface area contributed by atoms with Crippen molar-refractivity contribution >= 4 is 11.7 Å². The molecule has 0 saturated carbocycles. The largest absolute Gasteiger partial charge is 0.497 e. The van der Waals surface area contributed by atoms with Crippen LogP contribution >= 0.6 is 0 Å². The Morgan fingerprint density at radius 3 is 2.50 bits per heavy atom. The standard InChI is InChI=1S/C18H22N2O2/c1-4-20(16-7-5-6-14(2)12-16)18(21)19-13-15-8-10-17(22-3)11-9-15/h5-12H,4,13H2,1-3H3,(H,19,21). The predicted molar refractivity (Wildman–Crippen MR) is 89.4 cm³/mol. The lowest BCUT2D eigenvalue weighted by atomic mass is 10.2. The van der Waals surface area contributed by atoms with Gasteiger partial charge in [0.05, 0.1) is 7.11 Å². The van der Waals surface area contributed by atoms with Gasteiger partial charge in [0.2, 0.25) is 0 Å². The first-order valence-corrected chi connectivity index (χ1v) is 7.39. The van der Waals surface area contributed by atoms with Crippen LogP contribution < -0.4 is 15.0 Å². The molecule has 4 heteroatoms. The van der Waals surface area contributed by atoms with Gasteiger partial charge in [0, 0.05) is 18.8 Å². The monoisotopic (exact) mass is 298 g/mol. The summed E-state index contributed by atoms with van der Waals surface area (Å²) in [5, 5.41) is 2.95. The van der Waals surface area contributed by atoms with Gasteiger partial charge < -0.3 is 10.1 Å². The molecule has 0 aromatic heterocycles. The molecule has 0 radical (unpaired) electrons. The molecule has 0 heterocycles. The second kappa shape index (κ2) is 7.50. The molecule has 0 atom stereocenters. The van der Waals surface area contributed by atoms with E-state index in [1.54, 1.807) is 12.0 Å². The number of aryl methyl sites for hydroxylation is 1. The summed E-state index contributed by atoms with van der Waals surface area (Å²) in [6.45, 7) is 5.10. The minimum absolute atomic E-state index is 0.0936. The Kier molecular flexibility index (Phi) is 5.42. The molecule has 4 nitrogen and oxygen atoms in total. The lowest BCUT2D eigenvalue weighted by molar-refractivity contribution is 0.246. The summed E-state index contributed by atoms with van der Waals surface area (Å²) in [7, 11) is 1.64. The minimum Gasteiger partial charge on any atom is -0.497 e. The Balaban J connectivity index is 2.00. The van der Waals surface area contributed by atoms with Crippen LogP contribution in [0.25, 0.3) is 0 Å².